The van der Waals surface area contributed by atoms with Crippen molar-refractivity contribution in [3.05, 3.63) is 88.1 Å². The van der Waals surface area contributed by atoms with E-state index in [1.807, 2.05) is 12.1 Å². The average molecular weight is 444 g/mol. The number of carbonyl (C=O) groups is 1. The van der Waals surface area contributed by atoms with Crippen LogP contribution in [0.1, 0.15) is 36.5 Å². The lowest BCUT2D eigenvalue weighted by Crippen LogP contribution is -3.00. The van der Waals surface area contributed by atoms with Gasteiger partial charge < -0.3 is 22.2 Å². The Kier molecular flexibility index (Phi) is 4.81. The maximum absolute atomic E-state index is 12.4. The van der Waals surface area contributed by atoms with Gasteiger partial charge in [-0.25, -0.2) is 0 Å². The highest BCUT2D eigenvalue weighted by Gasteiger charge is 2.68. The molecule has 2 aromatic rings. The number of aldehydes is 1. The molecule has 3 aliphatic heterocycles. The molecule has 1 unspecified atom stereocenters. The summed E-state index contributed by atoms with van der Waals surface area (Å²) in [5.74, 6) is 0.225. The molecule has 5 heteroatoms. The zero-order chi connectivity index (χ0) is 21.2. The fourth-order valence-corrected chi connectivity index (χ4v) is 7.18. The number of para-hydroxylation sites is 1. The summed E-state index contributed by atoms with van der Waals surface area (Å²) in [5, 5.41) is 12.9. The lowest BCUT2D eigenvalue weighted by molar-refractivity contribution is -0.954. The summed E-state index contributed by atoms with van der Waals surface area (Å²) in [5.41, 5.74) is 7.99. The van der Waals surface area contributed by atoms with Crippen LogP contribution >= 0.6 is 0 Å². The van der Waals surface area contributed by atoms with Gasteiger partial charge in [0, 0.05) is 41.3 Å². The van der Waals surface area contributed by atoms with Crippen LogP contribution < -0.4 is 17.7 Å². The van der Waals surface area contributed by atoms with Crippen LogP contribution in [0, 0.1) is 17.2 Å². The van der Waals surface area contributed by atoms with Crippen molar-refractivity contribution in [1.29, 1.82) is 5.26 Å². The Balaban J connectivity index is 0.00000216. The van der Waals surface area contributed by atoms with Crippen molar-refractivity contribution in [1.82, 2.24) is 0 Å². The molecule has 1 aliphatic carbocycles. The summed E-state index contributed by atoms with van der Waals surface area (Å²) in [7, 11) is 0. The second-order valence-corrected chi connectivity index (χ2v) is 9.57. The summed E-state index contributed by atoms with van der Waals surface area (Å²) in [4.78, 5) is 12.4. The molecule has 0 aromatic heterocycles. The van der Waals surface area contributed by atoms with Gasteiger partial charge in [0.1, 0.15) is 25.4 Å². The SMILES string of the molecule is C/C=C1/C[N+]2(Cc3ccc(C#N)cc3)CC[C@]34C(=C(C=O)[C@H]1C[C@@H]32)Nc1ccccc14.[Cl-]. The molecule has 6 rings (SSSR count). The van der Waals surface area contributed by atoms with Crippen LogP contribution in [-0.2, 0) is 16.8 Å². The van der Waals surface area contributed by atoms with Crippen LogP contribution in [0.25, 0.3) is 0 Å². The number of hydrogen-bond donors (Lipinski definition) is 1. The Morgan fingerprint density at radius 1 is 1.22 bits per heavy atom. The van der Waals surface area contributed by atoms with E-state index < -0.39 is 0 Å². The fourth-order valence-electron chi connectivity index (χ4n) is 7.18. The molecule has 2 bridgehead atoms. The number of nitrogens with one attached hydrogen (secondary N) is 1. The van der Waals surface area contributed by atoms with E-state index in [0.29, 0.717) is 11.6 Å². The largest absolute Gasteiger partial charge is 1.00 e. The van der Waals surface area contributed by atoms with Crippen LogP contribution in [0.2, 0.25) is 0 Å². The second kappa shape index (κ2) is 7.33. The molecule has 0 saturated carbocycles. The van der Waals surface area contributed by atoms with Gasteiger partial charge in [-0.3, -0.25) is 4.79 Å². The van der Waals surface area contributed by atoms with Crippen LogP contribution in [-0.4, -0.2) is 29.9 Å². The van der Waals surface area contributed by atoms with Gasteiger partial charge in [0.05, 0.1) is 23.6 Å². The number of benzene rings is 2. The number of allylic oxidation sites excluding steroid dienone is 2. The highest BCUT2D eigenvalue weighted by molar-refractivity contribution is 5.84. The Hall–Kier alpha value is -2.87. The first-order valence-electron chi connectivity index (χ1n) is 11.2. The number of fused-ring (bicyclic) bond motifs is 2. The normalized spacial score (nSPS) is 32.4. The first-order chi connectivity index (χ1) is 15.1. The van der Waals surface area contributed by atoms with Crippen LogP contribution in [0.5, 0.6) is 0 Å². The molecule has 2 saturated heterocycles. The summed E-state index contributed by atoms with van der Waals surface area (Å²) in [6.45, 7) is 5.19. The molecule has 1 spiro atoms. The van der Waals surface area contributed by atoms with E-state index in [4.69, 9.17) is 0 Å². The van der Waals surface area contributed by atoms with Crippen molar-refractivity contribution in [3.8, 4) is 6.07 Å². The summed E-state index contributed by atoms with van der Waals surface area (Å²) >= 11 is 0. The van der Waals surface area contributed by atoms with Gasteiger partial charge in [0.15, 0.2) is 0 Å². The molecular weight excluding hydrogens is 418 g/mol. The quantitative estimate of drug-likeness (QED) is 0.444. The molecule has 162 valence electrons. The minimum Gasteiger partial charge on any atom is -1.00 e. The minimum absolute atomic E-state index is 0. The predicted octanol–water partition coefficient (Wildman–Crippen LogP) is 1.45. The zero-order valence-corrected chi connectivity index (χ0v) is 18.9. The van der Waals surface area contributed by atoms with Gasteiger partial charge in [0.25, 0.3) is 0 Å². The van der Waals surface area contributed by atoms with E-state index in [-0.39, 0.29) is 23.7 Å². The van der Waals surface area contributed by atoms with Crippen molar-refractivity contribution in [2.24, 2.45) is 5.92 Å². The molecule has 0 radical (unpaired) electrons. The molecule has 4 atom stereocenters. The minimum atomic E-state index is -0.0881. The van der Waals surface area contributed by atoms with Crippen molar-refractivity contribution in [2.75, 3.05) is 18.4 Å². The number of hydrogen-bond acceptors (Lipinski definition) is 3. The predicted molar refractivity (Wildman–Crippen MR) is 120 cm³/mol. The Morgan fingerprint density at radius 3 is 2.72 bits per heavy atom. The van der Waals surface area contributed by atoms with Crippen molar-refractivity contribution >= 4 is 12.0 Å². The van der Waals surface area contributed by atoms with E-state index in [1.54, 1.807) is 0 Å². The number of quaternary nitrogens is 1. The first kappa shape index (κ1) is 21.0. The number of rotatable bonds is 3. The van der Waals surface area contributed by atoms with Crippen LogP contribution in [0.4, 0.5) is 5.69 Å². The number of piperidine rings is 1. The van der Waals surface area contributed by atoms with Crippen molar-refractivity contribution in [3.63, 3.8) is 0 Å². The molecule has 2 fully saturated rings. The third-order valence-corrected chi connectivity index (χ3v) is 8.44. The van der Waals surface area contributed by atoms with E-state index in [2.05, 4.69) is 60.8 Å². The molecule has 32 heavy (non-hydrogen) atoms. The number of halogens is 1. The third kappa shape index (κ3) is 2.56. The van der Waals surface area contributed by atoms with Gasteiger partial charge in [-0.05, 0) is 36.3 Å². The Bertz CT molecular complexity index is 1210. The molecule has 4 aliphatic rings. The Labute approximate surface area is 195 Å². The summed E-state index contributed by atoms with van der Waals surface area (Å²) < 4.78 is 1.04. The topological polar surface area (TPSA) is 52.9 Å². The van der Waals surface area contributed by atoms with Gasteiger partial charge in [-0.1, -0.05) is 36.4 Å². The fraction of sp³-hybridized carbons (Fsp3) is 0.333. The van der Waals surface area contributed by atoms with Crippen molar-refractivity contribution < 1.29 is 21.7 Å². The number of nitriles is 1. The van der Waals surface area contributed by atoms with Crippen LogP contribution in [0.3, 0.4) is 0 Å². The highest BCUT2D eigenvalue weighted by atomic mass is 35.5. The maximum atomic E-state index is 12.4. The highest BCUT2D eigenvalue weighted by Crippen LogP contribution is 2.63. The monoisotopic (exact) mass is 443 g/mol. The first-order valence-corrected chi connectivity index (χ1v) is 11.2. The molecule has 4 nitrogen and oxygen atoms in total. The summed E-state index contributed by atoms with van der Waals surface area (Å²) in [6.07, 6.45) is 5.47. The van der Waals surface area contributed by atoms with E-state index in [1.165, 1.54) is 28.1 Å². The van der Waals surface area contributed by atoms with Gasteiger partial charge >= 0.3 is 0 Å². The molecule has 0 amide bonds. The standard InChI is InChI=1S/C27H25N3O.ClH/c1-2-20-16-30(15-19-9-7-18(14-28)8-10-19)12-11-27-23-5-3-4-6-24(23)29-26(27)22(17-31)21(20)13-25(27)30;/h2-10,17,21,25H,11-13,15-16H2,1H3;1H/b20-2-;/t21-,25-,27+,30?;/m0./s1. The Morgan fingerprint density at radius 2 is 2.00 bits per heavy atom. The smallest absolute Gasteiger partial charge is 0.148 e. The lowest BCUT2D eigenvalue weighted by atomic mass is 9.61. The van der Waals surface area contributed by atoms with Gasteiger partial charge in [0.2, 0.25) is 0 Å². The molecule has 2 aromatic carbocycles. The van der Waals surface area contributed by atoms with Gasteiger partial charge in [-0.15, -0.1) is 0 Å². The zero-order valence-electron chi connectivity index (χ0n) is 18.1. The summed E-state index contributed by atoms with van der Waals surface area (Å²) in [6, 6.07) is 19.4. The van der Waals surface area contributed by atoms with Crippen LogP contribution in [0.15, 0.2) is 71.5 Å². The van der Waals surface area contributed by atoms with E-state index in [0.717, 1.165) is 48.8 Å². The second-order valence-electron chi connectivity index (χ2n) is 9.57. The van der Waals surface area contributed by atoms with Crippen molar-refractivity contribution in [2.45, 2.75) is 37.8 Å². The number of nitrogens with zero attached hydrogens (tertiary/aromatic N) is 2. The third-order valence-electron chi connectivity index (χ3n) is 8.44. The van der Waals surface area contributed by atoms with Gasteiger partial charge in [-0.2, -0.15) is 5.26 Å². The van der Waals surface area contributed by atoms with E-state index >= 15 is 0 Å². The number of carbonyl (C=O) groups excluding carboxylic acids is 1. The molecule has 3 heterocycles. The maximum Gasteiger partial charge on any atom is 0.148 e. The lowest BCUT2D eigenvalue weighted by Gasteiger charge is -2.53. The number of anilines is 1. The molecular formula is C27H26ClN3O. The van der Waals surface area contributed by atoms with E-state index in [9.17, 15) is 10.1 Å². The molecule has 1 N–H and O–H groups in total. The average Bonchev–Trinajstić information content (AvgIpc) is 3.33.